The van der Waals surface area contributed by atoms with Gasteiger partial charge in [-0.1, -0.05) is 0 Å². The lowest BCUT2D eigenvalue weighted by atomic mass is 10.4. The summed E-state index contributed by atoms with van der Waals surface area (Å²) in [5.41, 5.74) is 2.17. The molecule has 2 aromatic rings. The van der Waals surface area contributed by atoms with Crippen molar-refractivity contribution in [3.63, 3.8) is 0 Å². The highest BCUT2D eigenvalue weighted by Crippen LogP contribution is 2.20. The van der Waals surface area contributed by atoms with Crippen LogP contribution in [0.15, 0.2) is 17.6 Å². The Bertz CT molecular complexity index is 389. The second-order valence-electron chi connectivity index (χ2n) is 2.82. The van der Waals surface area contributed by atoms with Gasteiger partial charge >= 0.3 is 0 Å². The summed E-state index contributed by atoms with van der Waals surface area (Å²) in [5, 5.41) is 7.40. The zero-order valence-corrected chi connectivity index (χ0v) is 8.51. The summed E-state index contributed by atoms with van der Waals surface area (Å²) in [5.74, 6) is 0. The average molecular weight is 193 g/mol. The first-order chi connectivity index (χ1) is 6.31. The molecule has 2 rings (SSSR count). The van der Waals surface area contributed by atoms with E-state index in [9.17, 15) is 0 Å². The van der Waals surface area contributed by atoms with Crippen LogP contribution in [0, 0.1) is 6.92 Å². The molecule has 0 unspecified atom stereocenters. The fourth-order valence-corrected chi connectivity index (χ4v) is 1.88. The highest BCUT2D eigenvalue weighted by Gasteiger charge is 2.06. The minimum atomic E-state index is 0.914. The van der Waals surface area contributed by atoms with E-state index in [1.807, 2.05) is 10.1 Å². The van der Waals surface area contributed by atoms with Crippen molar-refractivity contribution in [3.8, 4) is 10.7 Å². The molecule has 0 aliphatic heterocycles. The Hall–Kier alpha value is -1.16. The summed E-state index contributed by atoms with van der Waals surface area (Å²) in [4.78, 5) is 4.22. The first-order valence-electron chi connectivity index (χ1n) is 4.25. The normalized spacial score (nSPS) is 10.6. The second-order valence-corrected chi connectivity index (χ2v) is 3.72. The molecule has 0 aliphatic carbocycles. The SMILES string of the molecule is CCn1nc(-c2nccs2)cc1C. The summed E-state index contributed by atoms with van der Waals surface area (Å²) in [7, 11) is 0. The molecule has 0 amide bonds. The van der Waals surface area contributed by atoms with Crippen molar-refractivity contribution in [1.29, 1.82) is 0 Å². The maximum absolute atomic E-state index is 4.44. The number of aromatic nitrogens is 3. The Kier molecular flexibility index (Phi) is 2.14. The molecule has 0 saturated heterocycles. The van der Waals surface area contributed by atoms with E-state index in [4.69, 9.17) is 0 Å². The molecular weight excluding hydrogens is 182 g/mol. The van der Waals surface area contributed by atoms with Crippen LogP contribution in [0.5, 0.6) is 0 Å². The van der Waals surface area contributed by atoms with Gasteiger partial charge in [-0.3, -0.25) is 4.68 Å². The Morgan fingerprint density at radius 1 is 1.54 bits per heavy atom. The molecule has 2 aromatic heterocycles. The Morgan fingerprint density at radius 2 is 2.38 bits per heavy atom. The molecule has 0 radical (unpaired) electrons. The van der Waals surface area contributed by atoms with Crippen molar-refractivity contribution < 1.29 is 0 Å². The van der Waals surface area contributed by atoms with Gasteiger partial charge < -0.3 is 0 Å². The number of rotatable bonds is 2. The lowest BCUT2D eigenvalue weighted by Gasteiger charge is -1.95. The second kappa shape index (κ2) is 3.30. The van der Waals surface area contributed by atoms with Crippen LogP contribution < -0.4 is 0 Å². The van der Waals surface area contributed by atoms with E-state index >= 15 is 0 Å². The topological polar surface area (TPSA) is 30.7 Å². The first kappa shape index (κ1) is 8.44. The minimum Gasteiger partial charge on any atom is -0.269 e. The molecule has 0 N–H and O–H groups in total. The van der Waals surface area contributed by atoms with E-state index in [1.165, 1.54) is 5.69 Å². The zero-order chi connectivity index (χ0) is 9.26. The van der Waals surface area contributed by atoms with E-state index in [0.717, 1.165) is 17.2 Å². The van der Waals surface area contributed by atoms with Crippen LogP contribution in [0.1, 0.15) is 12.6 Å². The average Bonchev–Trinajstić information content (AvgIpc) is 2.71. The maximum atomic E-state index is 4.44. The van der Waals surface area contributed by atoms with Gasteiger partial charge in [-0.15, -0.1) is 11.3 Å². The number of hydrogen-bond donors (Lipinski definition) is 0. The first-order valence-corrected chi connectivity index (χ1v) is 5.13. The van der Waals surface area contributed by atoms with Gasteiger partial charge in [0, 0.05) is 23.8 Å². The van der Waals surface area contributed by atoms with E-state index in [-0.39, 0.29) is 0 Å². The number of thiazole rings is 1. The number of hydrogen-bond acceptors (Lipinski definition) is 3. The summed E-state index contributed by atoms with van der Waals surface area (Å²) >= 11 is 1.62. The van der Waals surface area contributed by atoms with Crippen LogP contribution in [-0.4, -0.2) is 14.8 Å². The van der Waals surface area contributed by atoms with Gasteiger partial charge in [0.05, 0.1) is 0 Å². The molecule has 2 heterocycles. The van der Waals surface area contributed by atoms with Crippen molar-refractivity contribution in [2.45, 2.75) is 20.4 Å². The monoisotopic (exact) mass is 193 g/mol. The molecule has 0 aliphatic rings. The lowest BCUT2D eigenvalue weighted by molar-refractivity contribution is 0.642. The largest absolute Gasteiger partial charge is 0.269 e. The predicted molar refractivity (Wildman–Crippen MR) is 53.7 cm³/mol. The van der Waals surface area contributed by atoms with Crippen molar-refractivity contribution in [2.75, 3.05) is 0 Å². The van der Waals surface area contributed by atoms with Gasteiger partial charge in [-0.2, -0.15) is 5.10 Å². The molecule has 0 atom stereocenters. The van der Waals surface area contributed by atoms with Crippen LogP contribution in [-0.2, 0) is 6.54 Å². The molecule has 68 valence electrons. The minimum absolute atomic E-state index is 0.914. The Labute approximate surface area is 81.1 Å². The molecule has 0 bridgehead atoms. The van der Waals surface area contributed by atoms with Gasteiger partial charge in [0.2, 0.25) is 0 Å². The summed E-state index contributed by atoms with van der Waals surface area (Å²) in [6, 6.07) is 2.07. The fourth-order valence-electron chi connectivity index (χ4n) is 1.28. The molecule has 13 heavy (non-hydrogen) atoms. The number of nitrogens with zero attached hydrogens (tertiary/aromatic N) is 3. The van der Waals surface area contributed by atoms with E-state index in [1.54, 1.807) is 17.5 Å². The molecule has 0 spiro atoms. The van der Waals surface area contributed by atoms with Gasteiger partial charge in [0.1, 0.15) is 10.7 Å². The van der Waals surface area contributed by atoms with Gasteiger partial charge in [0.15, 0.2) is 0 Å². The number of aryl methyl sites for hydroxylation is 2. The lowest BCUT2D eigenvalue weighted by Crippen LogP contribution is -1.98. The predicted octanol–water partition coefficient (Wildman–Crippen LogP) is 2.33. The maximum Gasteiger partial charge on any atom is 0.143 e. The molecule has 0 saturated carbocycles. The quantitative estimate of drug-likeness (QED) is 0.733. The van der Waals surface area contributed by atoms with Crippen LogP contribution >= 0.6 is 11.3 Å². The van der Waals surface area contributed by atoms with Crippen LogP contribution in [0.3, 0.4) is 0 Å². The zero-order valence-electron chi connectivity index (χ0n) is 7.69. The third-order valence-electron chi connectivity index (χ3n) is 1.93. The van der Waals surface area contributed by atoms with E-state index in [2.05, 4.69) is 30.0 Å². The van der Waals surface area contributed by atoms with Crippen LogP contribution in [0.4, 0.5) is 0 Å². The highest BCUT2D eigenvalue weighted by molar-refractivity contribution is 7.13. The van der Waals surface area contributed by atoms with Gasteiger partial charge in [-0.05, 0) is 19.9 Å². The Morgan fingerprint density at radius 3 is 2.92 bits per heavy atom. The fraction of sp³-hybridized carbons (Fsp3) is 0.333. The highest BCUT2D eigenvalue weighted by atomic mass is 32.1. The van der Waals surface area contributed by atoms with E-state index in [0.29, 0.717) is 0 Å². The van der Waals surface area contributed by atoms with Crippen molar-refractivity contribution in [2.24, 2.45) is 0 Å². The standard InChI is InChI=1S/C9H11N3S/c1-3-12-7(2)6-8(11-12)9-10-4-5-13-9/h4-6H,3H2,1-2H3. The summed E-state index contributed by atoms with van der Waals surface area (Å²) < 4.78 is 1.98. The third kappa shape index (κ3) is 1.49. The van der Waals surface area contributed by atoms with Crippen molar-refractivity contribution >= 4 is 11.3 Å². The van der Waals surface area contributed by atoms with Crippen molar-refractivity contribution in [3.05, 3.63) is 23.3 Å². The van der Waals surface area contributed by atoms with Crippen molar-refractivity contribution in [1.82, 2.24) is 14.8 Å². The van der Waals surface area contributed by atoms with Crippen LogP contribution in [0.2, 0.25) is 0 Å². The van der Waals surface area contributed by atoms with Crippen LogP contribution in [0.25, 0.3) is 10.7 Å². The summed E-state index contributed by atoms with van der Waals surface area (Å²) in [6.45, 7) is 5.07. The molecule has 0 fully saturated rings. The van der Waals surface area contributed by atoms with Gasteiger partial charge in [-0.25, -0.2) is 4.98 Å². The third-order valence-corrected chi connectivity index (χ3v) is 2.73. The smallest absolute Gasteiger partial charge is 0.143 e. The van der Waals surface area contributed by atoms with E-state index < -0.39 is 0 Å². The molecule has 3 nitrogen and oxygen atoms in total. The summed E-state index contributed by atoms with van der Waals surface area (Å²) in [6.07, 6.45) is 1.81. The van der Waals surface area contributed by atoms with Gasteiger partial charge in [0.25, 0.3) is 0 Å². The Balaban J connectivity index is 2.43. The molecule has 4 heteroatoms. The molecule has 0 aromatic carbocycles. The molecular formula is C9H11N3S.